The van der Waals surface area contributed by atoms with E-state index in [4.69, 9.17) is 0 Å². The summed E-state index contributed by atoms with van der Waals surface area (Å²) in [4.78, 5) is 8.27. The molecule has 2 aromatic heterocycles. The first-order valence-electron chi connectivity index (χ1n) is 4.21. The highest BCUT2D eigenvalue weighted by molar-refractivity contribution is 5.85. The van der Waals surface area contributed by atoms with Crippen molar-refractivity contribution in [3.8, 4) is 0 Å². The van der Waals surface area contributed by atoms with E-state index in [0.717, 1.165) is 23.4 Å². The van der Waals surface area contributed by atoms with Gasteiger partial charge >= 0.3 is 0 Å². The molecule has 0 aliphatic heterocycles. The first kappa shape index (κ1) is 7.97. The van der Waals surface area contributed by atoms with Crippen molar-refractivity contribution in [1.82, 2.24) is 19.7 Å². The first-order chi connectivity index (χ1) is 6.36. The molecule has 13 heavy (non-hydrogen) atoms. The lowest BCUT2D eigenvalue weighted by atomic mass is 10.4. The van der Waals surface area contributed by atoms with Gasteiger partial charge in [-0.3, -0.25) is 0 Å². The number of anilines is 1. The Morgan fingerprint density at radius 1 is 1.46 bits per heavy atom. The number of nitrogens with zero attached hydrogens (tertiary/aromatic N) is 4. The summed E-state index contributed by atoms with van der Waals surface area (Å²) in [6, 6.07) is 0. The lowest BCUT2D eigenvalue weighted by molar-refractivity contribution is 0.676. The Kier molecular flexibility index (Phi) is 1.84. The van der Waals surface area contributed by atoms with Crippen LogP contribution in [0.1, 0.15) is 6.92 Å². The highest BCUT2D eigenvalue weighted by atomic mass is 15.3. The number of hydrogen-bond acceptors (Lipinski definition) is 4. The Balaban J connectivity index is 2.72. The van der Waals surface area contributed by atoms with E-state index in [0.29, 0.717) is 0 Å². The molecular weight excluding hydrogens is 166 g/mol. The summed E-state index contributed by atoms with van der Waals surface area (Å²) in [6.45, 7) is 2.86. The van der Waals surface area contributed by atoms with Crippen molar-refractivity contribution in [2.45, 2.75) is 13.5 Å². The van der Waals surface area contributed by atoms with Gasteiger partial charge < -0.3 is 5.32 Å². The van der Waals surface area contributed by atoms with Crippen molar-refractivity contribution in [2.24, 2.45) is 0 Å². The van der Waals surface area contributed by atoms with Crippen LogP contribution in [0.3, 0.4) is 0 Å². The predicted octanol–water partition coefficient (Wildman–Crippen LogP) is 0.888. The maximum absolute atomic E-state index is 4.20. The zero-order chi connectivity index (χ0) is 9.26. The van der Waals surface area contributed by atoms with Gasteiger partial charge in [0.1, 0.15) is 12.1 Å². The fourth-order valence-corrected chi connectivity index (χ4v) is 1.32. The lowest BCUT2D eigenvalue weighted by Gasteiger charge is -2.00. The van der Waals surface area contributed by atoms with Gasteiger partial charge in [0.15, 0.2) is 5.65 Å². The SMILES string of the molecule is CCn1ncc2c(NC)ncnc21. The minimum atomic E-state index is 0.823. The zero-order valence-corrected chi connectivity index (χ0v) is 7.65. The van der Waals surface area contributed by atoms with Crippen LogP contribution in [0, 0.1) is 0 Å². The third-order valence-corrected chi connectivity index (χ3v) is 1.97. The van der Waals surface area contributed by atoms with Crippen molar-refractivity contribution < 1.29 is 0 Å². The van der Waals surface area contributed by atoms with Crippen LogP contribution in [-0.4, -0.2) is 26.8 Å². The summed E-state index contributed by atoms with van der Waals surface area (Å²) in [5, 5.41) is 8.16. The quantitative estimate of drug-likeness (QED) is 0.740. The third-order valence-electron chi connectivity index (χ3n) is 1.97. The van der Waals surface area contributed by atoms with Crippen LogP contribution in [0.25, 0.3) is 11.0 Å². The molecule has 2 aromatic rings. The first-order valence-corrected chi connectivity index (χ1v) is 4.21. The van der Waals surface area contributed by atoms with Crippen LogP contribution in [0.15, 0.2) is 12.5 Å². The van der Waals surface area contributed by atoms with Gasteiger partial charge in [0.25, 0.3) is 0 Å². The average Bonchev–Trinajstić information content (AvgIpc) is 2.60. The molecule has 0 bridgehead atoms. The van der Waals surface area contributed by atoms with Gasteiger partial charge in [0.05, 0.1) is 11.6 Å². The molecule has 0 unspecified atom stereocenters. The van der Waals surface area contributed by atoms with Crippen molar-refractivity contribution in [3.63, 3.8) is 0 Å². The summed E-state index contributed by atoms with van der Waals surface area (Å²) in [6.07, 6.45) is 3.33. The number of aryl methyl sites for hydroxylation is 1. The van der Waals surface area contributed by atoms with Crippen molar-refractivity contribution in [2.75, 3.05) is 12.4 Å². The molecule has 0 spiro atoms. The number of rotatable bonds is 2. The molecule has 68 valence electrons. The number of nitrogens with one attached hydrogen (secondary N) is 1. The van der Waals surface area contributed by atoms with Gasteiger partial charge in [-0.25, -0.2) is 14.6 Å². The van der Waals surface area contributed by atoms with Gasteiger partial charge in [-0.05, 0) is 6.92 Å². The normalized spacial score (nSPS) is 10.6. The molecule has 2 rings (SSSR count). The van der Waals surface area contributed by atoms with Crippen LogP contribution in [0.2, 0.25) is 0 Å². The van der Waals surface area contributed by atoms with Crippen molar-refractivity contribution in [3.05, 3.63) is 12.5 Å². The molecule has 0 aliphatic rings. The Bertz CT molecular complexity index is 419. The summed E-state index contributed by atoms with van der Waals surface area (Å²) in [5.41, 5.74) is 0.877. The maximum atomic E-state index is 4.20. The monoisotopic (exact) mass is 177 g/mol. The summed E-state index contributed by atoms with van der Waals surface area (Å²) in [7, 11) is 1.84. The van der Waals surface area contributed by atoms with Crippen molar-refractivity contribution >= 4 is 16.9 Å². The topological polar surface area (TPSA) is 55.6 Å². The Labute approximate surface area is 75.8 Å². The second-order valence-corrected chi connectivity index (χ2v) is 2.67. The summed E-state index contributed by atoms with van der Waals surface area (Å²) in [5.74, 6) is 0.824. The molecule has 5 nitrogen and oxygen atoms in total. The van der Waals surface area contributed by atoms with Crippen LogP contribution >= 0.6 is 0 Å². The van der Waals surface area contributed by atoms with Crippen LogP contribution in [-0.2, 0) is 6.54 Å². The number of hydrogen-bond donors (Lipinski definition) is 1. The zero-order valence-electron chi connectivity index (χ0n) is 7.65. The number of fused-ring (bicyclic) bond motifs is 1. The minimum absolute atomic E-state index is 0.823. The van der Waals surface area contributed by atoms with E-state index >= 15 is 0 Å². The summed E-state index contributed by atoms with van der Waals surface area (Å²) >= 11 is 0. The minimum Gasteiger partial charge on any atom is -0.372 e. The molecule has 2 heterocycles. The largest absolute Gasteiger partial charge is 0.372 e. The molecular formula is C8H11N5. The van der Waals surface area contributed by atoms with Gasteiger partial charge in [-0.15, -0.1) is 0 Å². The average molecular weight is 177 g/mol. The van der Waals surface area contributed by atoms with E-state index in [9.17, 15) is 0 Å². The molecule has 0 radical (unpaired) electrons. The number of aromatic nitrogens is 4. The van der Waals surface area contributed by atoms with E-state index < -0.39 is 0 Å². The van der Waals surface area contributed by atoms with E-state index in [-0.39, 0.29) is 0 Å². The molecule has 1 N–H and O–H groups in total. The highest BCUT2D eigenvalue weighted by Crippen LogP contribution is 2.17. The molecule has 5 heteroatoms. The maximum Gasteiger partial charge on any atom is 0.163 e. The molecule has 0 aliphatic carbocycles. The fraction of sp³-hybridized carbons (Fsp3) is 0.375. The Morgan fingerprint density at radius 3 is 3.00 bits per heavy atom. The van der Waals surface area contributed by atoms with Crippen LogP contribution < -0.4 is 5.32 Å². The Hall–Kier alpha value is -1.65. The second kappa shape index (κ2) is 3.01. The second-order valence-electron chi connectivity index (χ2n) is 2.67. The van der Waals surface area contributed by atoms with Crippen LogP contribution in [0.5, 0.6) is 0 Å². The van der Waals surface area contributed by atoms with Crippen molar-refractivity contribution in [1.29, 1.82) is 0 Å². The van der Waals surface area contributed by atoms with Gasteiger partial charge in [0, 0.05) is 13.6 Å². The molecule has 0 saturated heterocycles. The van der Waals surface area contributed by atoms with E-state index in [1.165, 1.54) is 0 Å². The lowest BCUT2D eigenvalue weighted by Crippen LogP contribution is -1.99. The highest BCUT2D eigenvalue weighted by Gasteiger charge is 2.06. The molecule has 0 saturated carbocycles. The molecule has 0 fully saturated rings. The summed E-state index contributed by atoms with van der Waals surface area (Å²) < 4.78 is 1.85. The van der Waals surface area contributed by atoms with Crippen LogP contribution in [0.4, 0.5) is 5.82 Å². The van der Waals surface area contributed by atoms with Gasteiger partial charge in [-0.1, -0.05) is 0 Å². The molecule has 0 amide bonds. The third kappa shape index (κ3) is 1.12. The van der Waals surface area contributed by atoms with E-state index in [2.05, 4.69) is 20.4 Å². The molecule has 0 atom stereocenters. The van der Waals surface area contributed by atoms with Gasteiger partial charge in [-0.2, -0.15) is 5.10 Å². The Morgan fingerprint density at radius 2 is 2.31 bits per heavy atom. The standard InChI is InChI=1S/C8H11N5/c1-3-13-8-6(4-12-13)7(9-2)10-5-11-8/h4-5H,3H2,1-2H3,(H,9,10,11). The van der Waals surface area contributed by atoms with E-state index in [1.54, 1.807) is 12.5 Å². The predicted molar refractivity (Wildman–Crippen MR) is 50.5 cm³/mol. The van der Waals surface area contributed by atoms with Gasteiger partial charge in [0.2, 0.25) is 0 Å². The fourth-order valence-electron chi connectivity index (χ4n) is 1.32. The molecule has 0 aromatic carbocycles. The van der Waals surface area contributed by atoms with E-state index in [1.807, 2.05) is 18.7 Å². The smallest absolute Gasteiger partial charge is 0.163 e.